The molecule has 0 bridgehead atoms. The van der Waals surface area contributed by atoms with Crippen LogP contribution in [0, 0.1) is 5.92 Å². The zero-order chi connectivity index (χ0) is 20.2. The fraction of sp³-hybridized carbons (Fsp3) is 0.409. The highest BCUT2D eigenvalue weighted by atomic mass is 35.5. The number of nitrogens with zero attached hydrogens (tertiary/aromatic N) is 1. The summed E-state index contributed by atoms with van der Waals surface area (Å²) in [5, 5.41) is 11.7. The number of rotatable bonds is 4. The third-order valence-electron chi connectivity index (χ3n) is 5.82. The first-order chi connectivity index (χ1) is 14.0. The van der Waals surface area contributed by atoms with Gasteiger partial charge < -0.3 is 19.5 Å². The van der Waals surface area contributed by atoms with Crippen LogP contribution < -0.4 is 4.90 Å². The van der Waals surface area contributed by atoms with Crippen LogP contribution in [0.5, 0.6) is 0 Å². The molecule has 2 heterocycles. The summed E-state index contributed by atoms with van der Waals surface area (Å²) in [7, 11) is 0. The summed E-state index contributed by atoms with van der Waals surface area (Å²) in [6.07, 6.45) is 2.03. The highest BCUT2D eigenvalue weighted by Gasteiger charge is 2.55. The SMILES string of the molecule is O=C1N(CC2CC2)c2ccc(C(O)c3cccc(Cl)c3Cl)cc2C12OCCCO2. The highest BCUT2D eigenvalue weighted by Crippen LogP contribution is 2.48. The molecule has 3 aliphatic rings. The number of hydrogen-bond acceptors (Lipinski definition) is 4. The maximum absolute atomic E-state index is 13.3. The lowest BCUT2D eigenvalue weighted by Crippen LogP contribution is -2.47. The van der Waals surface area contributed by atoms with E-state index in [1.54, 1.807) is 29.2 Å². The predicted octanol–water partition coefficient (Wildman–Crippen LogP) is 4.42. The summed E-state index contributed by atoms with van der Waals surface area (Å²) in [6, 6.07) is 10.6. The molecule has 1 amide bonds. The van der Waals surface area contributed by atoms with Crippen LogP contribution in [0.25, 0.3) is 0 Å². The van der Waals surface area contributed by atoms with Gasteiger partial charge in [0.05, 0.1) is 28.9 Å². The van der Waals surface area contributed by atoms with Crippen molar-refractivity contribution < 1.29 is 19.4 Å². The van der Waals surface area contributed by atoms with E-state index in [1.807, 2.05) is 12.1 Å². The molecule has 152 valence electrons. The Balaban J connectivity index is 1.58. The number of amides is 1. The number of carbonyl (C=O) groups excluding carboxylic acids is 1. The van der Waals surface area contributed by atoms with Gasteiger partial charge in [-0.15, -0.1) is 0 Å². The van der Waals surface area contributed by atoms with Crippen LogP contribution >= 0.6 is 23.2 Å². The Morgan fingerprint density at radius 3 is 2.66 bits per heavy atom. The number of ether oxygens (including phenoxy) is 2. The Morgan fingerprint density at radius 2 is 1.93 bits per heavy atom. The van der Waals surface area contributed by atoms with Gasteiger partial charge in [-0.05, 0) is 48.9 Å². The largest absolute Gasteiger partial charge is 0.384 e. The van der Waals surface area contributed by atoms with E-state index in [0.717, 1.165) is 24.9 Å². The van der Waals surface area contributed by atoms with Gasteiger partial charge in [-0.1, -0.05) is 41.4 Å². The van der Waals surface area contributed by atoms with Crippen LogP contribution in [0.3, 0.4) is 0 Å². The van der Waals surface area contributed by atoms with E-state index in [4.69, 9.17) is 32.7 Å². The Morgan fingerprint density at radius 1 is 1.17 bits per heavy atom. The molecule has 1 saturated carbocycles. The maximum atomic E-state index is 13.3. The molecular formula is C22H21Cl2NO4. The molecule has 2 aromatic rings. The fourth-order valence-corrected chi connectivity index (χ4v) is 4.50. The maximum Gasteiger partial charge on any atom is 0.292 e. The minimum absolute atomic E-state index is 0.175. The Kier molecular flexibility index (Phi) is 4.84. The molecule has 5 rings (SSSR count). The quantitative estimate of drug-likeness (QED) is 0.774. The minimum atomic E-state index is -1.42. The van der Waals surface area contributed by atoms with E-state index in [1.165, 1.54) is 0 Å². The molecule has 1 atom stereocenters. The number of carbonyl (C=O) groups is 1. The van der Waals surface area contributed by atoms with E-state index in [2.05, 4.69) is 0 Å². The van der Waals surface area contributed by atoms with Gasteiger partial charge in [-0.25, -0.2) is 0 Å². The van der Waals surface area contributed by atoms with E-state index < -0.39 is 11.9 Å². The third-order valence-corrected chi connectivity index (χ3v) is 6.66. The van der Waals surface area contributed by atoms with Crippen molar-refractivity contribution in [3.05, 3.63) is 63.1 Å². The van der Waals surface area contributed by atoms with Crippen LogP contribution in [0.1, 0.15) is 42.1 Å². The lowest BCUT2D eigenvalue weighted by atomic mass is 9.96. The van der Waals surface area contributed by atoms with Crippen molar-refractivity contribution in [2.24, 2.45) is 5.92 Å². The molecule has 0 aromatic heterocycles. The van der Waals surface area contributed by atoms with Crippen molar-refractivity contribution in [1.82, 2.24) is 0 Å². The zero-order valence-electron chi connectivity index (χ0n) is 15.7. The molecule has 7 heteroatoms. The number of fused-ring (bicyclic) bond motifs is 2. The molecular weight excluding hydrogens is 413 g/mol. The van der Waals surface area contributed by atoms with Crippen LogP contribution in [0.4, 0.5) is 5.69 Å². The molecule has 2 aromatic carbocycles. The summed E-state index contributed by atoms with van der Waals surface area (Å²) in [4.78, 5) is 15.1. The molecule has 1 aliphatic carbocycles. The van der Waals surface area contributed by atoms with Crippen molar-refractivity contribution in [3.63, 3.8) is 0 Å². The lowest BCUT2D eigenvalue weighted by molar-refractivity contribution is -0.256. The molecule has 2 aliphatic heterocycles. The van der Waals surface area contributed by atoms with Gasteiger partial charge in [0.15, 0.2) is 0 Å². The van der Waals surface area contributed by atoms with Crippen molar-refractivity contribution >= 4 is 34.8 Å². The van der Waals surface area contributed by atoms with Crippen LogP contribution in [-0.2, 0) is 20.1 Å². The van der Waals surface area contributed by atoms with Crippen molar-refractivity contribution in [2.75, 3.05) is 24.7 Å². The average Bonchev–Trinajstić information content (AvgIpc) is 3.54. The second-order valence-electron chi connectivity index (χ2n) is 7.85. The zero-order valence-corrected chi connectivity index (χ0v) is 17.2. The summed E-state index contributed by atoms with van der Waals surface area (Å²) < 4.78 is 11.9. The van der Waals surface area contributed by atoms with Gasteiger partial charge in [0.1, 0.15) is 6.10 Å². The molecule has 5 nitrogen and oxygen atoms in total. The normalized spacial score (nSPS) is 21.5. The monoisotopic (exact) mass is 433 g/mol. The fourth-order valence-electron chi connectivity index (χ4n) is 4.09. The Bertz CT molecular complexity index is 969. The molecule has 2 fully saturated rings. The van der Waals surface area contributed by atoms with Gasteiger partial charge in [0.25, 0.3) is 11.7 Å². The van der Waals surface area contributed by atoms with Gasteiger partial charge in [-0.3, -0.25) is 4.79 Å². The van der Waals surface area contributed by atoms with Crippen molar-refractivity contribution in [2.45, 2.75) is 31.2 Å². The number of aliphatic hydroxyl groups is 1. The van der Waals surface area contributed by atoms with E-state index in [0.29, 0.717) is 52.4 Å². The predicted molar refractivity (Wildman–Crippen MR) is 110 cm³/mol. The van der Waals surface area contributed by atoms with E-state index in [-0.39, 0.29) is 5.91 Å². The summed E-state index contributed by atoms with van der Waals surface area (Å²) in [5.41, 5.74) is 2.55. The van der Waals surface area contributed by atoms with Crippen LogP contribution in [-0.4, -0.2) is 30.8 Å². The molecule has 1 saturated heterocycles. The van der Waals surface area contributed by atoms with E-state index >= 15 is 0 Å². The van der Waals surface area contributed by atoms with Gasteiger partial charge in [0.2, 0.25) is 0 Å². The number of aliphatic hydroxyl groups excluding tert-OH is 1. The topological polar surface area (TPSA) is 59.0 Å². The summed E-state index contributed by atoms with van der Waals surface area (Å²) >= 11 is 12.4. The first kappa shape index (κ1) is 19.3. The lowest BCUT2D eigenvalue weighted by Gasteiger charge is -2.32. The standard InChI is InChI=1S/C22H21Cl2NO4/c23-17-4-1-3-15(19(17)24)20(26)14-7-8-18-16(11-14)22(28-9-2-10-29-22)21(27)25(18)12-13-5-6-13/h1,3-4,7-8,11,13,20,26H,2,5-6,9-10,12H2. The summed E-state index contributed by atoms with van der Waals surface area (Å²) in [6.45, 7) is 1.58. The van der Waals surface area contributed by atoms with Crippen LogP contribution in [0.15, 0.2) is 36.4 Å². The van der Waals surface area contributed by atoms with E-state index in [9.17, 15) is 9.90 Å². The smallest absolute Gasteiger partial charge is 0.292 e. The second-order valence-corrected chi connectivity index (χ2v) is 8.63. The van der Waals surface area contributed by atoms with Gasteiger partial charge in [0, 0.05) is 17.7 Å². The second kappa shape index (κ2) is 7.25. The van der Waals surface area contributed by atoms with Crippen LogP contribution in [0.2, 0.25) is 10.0 Å². The molecule has 1 spiro atoms. The van der Waals surface area contributed by atoms with Gasteiger partial charge >= 0.3 is 0 Å². The number of halogens is 2. The molecule has 29 heavy (non-hydrogen) atoms. The molecule has 0 radical (unpaired) electrons. The van der Waals surface area contributed by atoms with Crippen molar-refractivity contribution in [1.29, 1.82) is 0 Å². The Labute approximate surface area is 179 Å². The highest BCUT2D eigenvalue weighted by molar-refractivity contribution is 6.42. The number of anilines is 1. The number of hydrogen-bond donors (Lipinski definition) is 1. The third kappa shape index (κ3) is 3.16. The summed E-state index contributed by atoms with van der Waals surface area (Å²) in [5.74, 6) is -1.07. The molecule has 1 N–H and O–H groups in total. The first-order valence-corrected chi connectivity index (χ1v) is 10.6. The minimum Gasteiger partial charge on any atom is -0.384 e. The number of benzene rings is 2. The van der Waals surface area contributed by atoms with Crippen molar-refractivity contribution in [3.8, 4) is 0 Å². The molecule has 1 unspecified atom stereocenters. The van der Waals surface area contributed by atoms with Gasteiger partial charge in [-0.2, -0.15) is 0 Å². The first-order valence-electron chi connectivity index (χ1n) is 9.87. The average molecular weight is 434 g/mol. The Hall–Kier alpha value is -1.63.